The minimum atomic E-state index is -0.981. The van der Waals surface area contributed by atoms with Crippen molar-refractivity contribution < 1.29 is 19.4 Å². The van der Waals surface area contributed by atoms with Crippen molar-refractivity contribution in [3.63, 3.8) is 0 Å². The third-order valence-electron chi connectivity index (χ3n) is 2.10. The second kappa shape index (κ2) is 3.10. The first kappa shape index (κ1) is 8.99. The maximum Gasteiger partial charge on any atom is 0.326 e. The molecule has 1 amide bonds. The Labute approximate surface area is 69.9 Å². The number of carbonyl (C=O) groups is 2. The van der Waals surface area contributed by atoms with Gasteiger partial charge in [-0.15, -0.1) is 0 Å². The smallest absolute Gasteiger partial charge is 0.326 e. The van der Waals surface area contributed by atoms with Gasteiger partial charge in [0.1, 0.15) is 12.1 Å². The van der Waals surface area contributed by atoms with Crippen LogP contribution >= 0.6 is 0 Å². The van der Waals surface area contributed by atoms with Crippen molar-refractivity contribution in [2.24, 2.45) is 0 Å². The summed E-state index contributed by atoms with van der Waals surface area (Å²) in [4.78, 5) is 23.0. The first-order valence-electron chi connectivity index (χ1n) is 3.60. The molecule has 1 unspecified atom stereocenters. The van der Waals surface area contributed by atoms with Crippen molar-refractivity contribution in [3.8, 4) is 0 Å². The Morgan fingerprint density at radius 1 is 1.75 bits per heavy atom. The van der Waals surface area contributed by atoms with E-state index in [0.29, 0.717) is 0 Å². The third-order valence-corrected chi connectivity index (χ3v) is 2.10. The maximum absolute atomic E-state index is 11.2. The number of rotatable bonds is 2. The predicted octanol–water partition coefficient (Wildman–Crippen LogP) is -0.683. The van der Waals surface area contributed by atoms with Crippen LogP contribution in [-0.4, -0.2) is 48.2 Å². The Hall–Kier alpha value is -1.10. The molecule has 12 heavy (non-hydrogen) atoms. The molecule has 2 atom stereocenters. The highest BCUT2D eigenvalue weighted by molar-refractivity contribution is 5.90. The summed E-state index contributed by atoms with van der Waals surface area (Å²) in [7, 11) is 2.88. The maximum atomic E-state index is 11.2. The Morgan fingerprint density at radius 2 is 2.33 bits per heavy atom. The zero-order chi connectivity index (χ0) is 9.30. The summed E-state index contributed by atoms with van der Waals surface area (Å²) in [5.74, 6) is -1.24. The lowest BCUT2D eigenvalue weighted by Crippen LogP contribution is -2.35. The minimum Gasteiger partial charge on any atom is -0.480 e. The van der Waals surface area contributed by atoms with Gasteiger partial charge < -0.3 is 14.7 Å². The van der Waals surface area contributed by atoms with Crippen LogP contribution < -0.4 is 0 Å². The highest BCUT2D eigenvalue weighted by atomic mass is 16.5. The quantitative estimate of drug-likeness (QED) is 0.600. The lowest BCUT2D eigenvalue weighted by molar-refractivity contribution is -0.145. The number of amides is 1. The molecule has 1 saturated heterocycles. The van der Waals surface area contributed by atoms with Crippen molar-refractivity contribution in [1.29, 1.82) is 0 Å². The molecule has 0 bridgehead atoms. The van der Waals surface area contributed by atoms with Crippen molar-refractivity contribution in [2.75, 3.05) is 14.2 Å². The van der Waals surface area contributed by atoms with Crippen molar-refractivity contribution in [3.05, 3.63) is 0 Å². The van der Waals surface area contributed by atoms with E-state index in [0.717, 1.165) is 0 Å². The highest BCUT2D eigenvalue weighted by Gasteiger charge is 2.41. The predicted molar refractivity (Wildman–Crippen MR) is 39.6 cm³/mol. The average Bonchev–Trinajstić information content (AvgIpc) is 2.30. The van der Waals surface area contributed by atoms with Crippen molar-refractivity contribution >= 4 is 11.9 Å². The first-order chi connectivity index (χ1) is 5.57. The molecule has 0 aliphatic carbocycles. The lowest BCUT2D eigenvalue weighted by atomic mass is 10.2. The Kier molecular flexibility index (Phi) is 2.32. The van der Waals surface area contributed by atoms with E-state index in [-0.39, 0.29) is 12.3 Å². The van der Waals surface area contributed by atoms with Crippen LogP contribution in [-0.2, 0) is 14.3 Å². The summed E-state index contributed by atoms with van der Waals surface area (Å²) in [6, 6.07) is -0.734. The van der Waals surface area contributed by atoms with Crippen LogP contribution in [0.2, 0.25) is 0 Å². The molecule has 0 radical (unpaired) electrons. The fourth-order valence-electron chi connectivity index (χ4n) is 1.31. The van der Waals surface area contributed by atoms with Gasteiger partial charge in [0, 0.05) is 20.6 Å². The number of carboxylic acid groups (broad SMARTS) is 1. The molecule has 0 saturated carbocycles. The van der Waals surface area contributed by atoms with Gasteiger partial charge >= 0.3 is 5.97 Å². The van der Waals surface area contributed by atoms with Gasteiger partial charge in [-0.05, 0) is 0 Å². The van der Waals surface area contributed by atoms with Crippen molar-refractivity contribution in [2.45, 2.75) is 18.6 Å². The highest BCUT2D eigenvalue weighted by Crippen LogP contribution is 2.19. The number of carboxylic acids is 1. The fraction of sp³-hybridized carbons (Fsp3) is 0.714. The summed E-state index contributed by atoms with van der Waals surface area (Å²) in [6.45, 7) is 0. The number of ether oxygens (including phenoxy) is 1. The molecular formula is C7H11NO4. The van der Waals surface area contributed by atoms with Crippen LogP contribution in [0.3, 0.4) is 0 Å². The summed E-state index contributed by atoms with van der Waals surface area (Å²) < 4.78 is 4.82. The number of nitrogens with zero attached hydrogens (tertiary/aromatic N) is 1. The monoisotopic (exact) mass is 173 g/mol. The summed E-state index contributed by atoms with van der Waals surface area (Å²) >= 11 is 0. The normalized spacial score (nSPS) is 29.5. The van der Waals surface area contributed by atoms with E-state index in [9.17, 15) is 9.59 Å². The number of hydrogen-bond acceptors (Lipinski definition) is 3. The first-order valence-corrected chi connectivity index (χ1v) is 3.60. The molecule has 5 heteroatoms. The average molecular weight is 173 g/mol. The summed E-state index contributed by atoms with van der Waals surface area (Å²) in [5, 5.41) is 8.67. The molecule has 0 aromatic rings. The minimum absolute atomic E-state index is 0.237. The number of hydrogen-bond donors (Lipinski definition) is 1. The molecule has 1 aliphatic heterocycles. The van der Waals surface area contributed by atoms with E-state index in [4.69, 9.17) is 9.84 Å². The van der Waals surface area contributed by atoms with Gasteiger partial charge in [0.25, 0.3) is 5.91 Å². The van der Waals surface area contributed by atoms with E-state index < -0.39 is 18.1 Å². The second-order valence-electron chi connectivity index (χ2n) is 2.76. The summed E-state index contributed by atoms with van der Waals surface area (Å²) in [5.41, 5.74) is 0. The van der Waals surface area contributed by atoms with Gasteiger partial charge in [0.2, 0.25) is 0 Å². The van der Waals surface area contributed by atoms with E-state index >= 15 is 0 Å². The van der Waals surface area contributed by atoms with Crippen LogP contribution in [0.25, 0.3) is 0 Å². The second-order valence-corrected chi connectivity index (χ2v) is 2.76. The summed E-state index contributed by atoms with van der Waals surface area (Å²) in [6.07, 6.45) is -0.350. The Morgan fingerprint density at radius 3 is 2.58 bits per heavy atom. The number of carbonyl (C=O) groups excluding carboxylic acids is 1. The van der Waals surface area contributed by atoms with E-state index in [1.807, 2.05) is 0 Å². The number of methoxy groups -OCH3 is 1. The molecule has 1 rings (SSSR count). The van der Waals surface area contributed by atoms with Gasteiger partial charge in [0.15, 0.2) is 0 Å². The molecule has 5 nitrogen and oxygen atoms in total. The fourth-order valence-corrected chi connectivity index (χ4v) is 1.31. The molecule has 1 heterocycles. The zero-order valence-corrected chi connectivity index (χ0v) is 6.98. The van der Waals surface area contributed by atoms with E-state index in [2.05, 4.69) is 0 Å². The standard InChI is InChI=1S/C7H11NO4/c1-8-4(7(10)11)3-5(12-2)6(8)9/h4-5H,3H2,1-2H3,(H,10,11)/t4-,5?/m0/s1. The molecule has 1 aliphatic rings. The Balaban J connectivity index is 2.73. The largest absolute Gasteiger partial charge is 0.480 e. The van der Waals surface area contributed by atoms with Crippen LogP contribution in [0.1, 0.15) is 6.42 Å². The van der Waals surface area contributed by atoms with Crippen molar-refractivity contribution in [1.82, 2.24) is 4.90 Å². The van der Waals surface area contributed by atoms with Gasteiger partial charge in [-0.3, -0.25) is 4.79 Å². The number of likely N-dealkylation sites (tertiary alicyclic amines) is 1. The SMILES string of the molecule is COC1C[C@@H](C(=O)O)N(C)C1=O. The van der Waals surface area contributed by atoms with Gasteiger partial charge in [-0.1, -0.05) is 0 Å². The molecule has 1 fully saturated rings. The third kappa shape index (κ3) is 1.27. The topological polar surface area (TPSA) is 66.8 Å². The molecule has 0 spiro atoms. The van der Waals surface area contributed by atoms with Crippen LogP contribution in [0.15, 0.2) is 0 Å². The number of aliphatic carboxylic acids is 1. The van der Waals surface area contributed by atoms with Crippen LogP contribution in [0.5, 0.6) is 0 Å². The Bertz CT molecular complexity index is 215. The van der Waals surface area contributed by atoms with Crippen LogP contribution in [0, 0.1) is 0 Å². The van der Waals surface area contributed by atoms with Crippen LogP contribution in [0.4, 0.5) is 0 Å². The zero-order valence-electron chi connectivity index (χ0n) is 6.98. The van der Waals surface area contributed by atoms with Gasteiger partial charge in [0.05, 0.1) is 0 Å². The lowest BCUT2D eigenvalue weighted by Gasteiger charge is -2.13. The molecule has 1 N–H and O–H groups in total. The molecular weight excluding hydrogens is 162 g/mol. The number of likely N-dealkylation sites (N-methyl/N-ethyl adjacent to an activating group) is 1. The molecule has 68 valence electrons. The van der Waals surface area contributed by atoms with Gasteiger partial charge in [-0.25, -0.2) is 4.79 Å². The van der Waals surface area contributed by atoms with E-state index in [1.54, 1.807) is 0 Å². The van der Waals surface area contributed by atoms with E-state index in [1.165, 1.54) is 19.1 Å². The molecule has 0 aromatic carbocycles. The van der Waals surface area contributed by atoms with Gasteiger partial charge in [-0.2, -0.15) is 0 Å². The molecule has 0 aromatic heterocycles.